The Hall–Kier alpha value is -4.21. The number of aromatic hydroxyl groups is 1. The number of nitrogens with zero attached hydrogens (tertiary/aromatic N) is 1. The molecule has 0 unspecified atom stereocenters. The van der Waals surface area contributed by atoms with Crippen LogP contribution in [0.25, 0.3) is 0 Å². The van der Waals surface area contributed by atoms with Gasteiger partial charge in [0.05, 0.1) is 20.1 Å². The smallest absolute Gasteiger partial charge is 0.309 e. The van der Waals surface area contributed by atoms with E-state index in [1.165, 1.54) is 69.7 Å². The lowest BCUT2D eigenvalue weighted by molar-refractivity contribution is -0.608. The molecule has 3 aromatic rings. The van der Waals surface area contributed by atoms with Gasteiger partial charge in [-0.3, -0.25) is 9.59 Å². The number of hydrogen-bond acceptors (Lipinski definition) is 7. The number of ether oxygens (including phenoxy) is 3. The summed E-state index contributed by atoms with van der Waals surface area (Å²) in [5, 5.41) is 22.3. The third-order valence-corrected chi connectivity index (χ3v) is 5.95. The lowest BCUT2D eigenvalue weighted by Gasteiger charge is -2.27. The Bertz CT molecular complexity index is 1280. The van der Waals surface area contributed by atoms with Crippen LogP contribution in [0.3, 0.4) is 0 Å². The van der Waals surface area contributed by atoms with Crippen LogP contribution in [-0.2, 0) is 9.53 Å². The van der Waals surface area contributed by atoms with Crippen molar-refractivity contribution in [2.75, 3.05) is 14.2 Å². The van der Waals surface area contributed by atoms with E-state index in [0.29, 0.717) is 11.1 Å². The van der Waals surface area contributed by atoms with Crippen molar-refractivity contribution in [3.05, 3.63) is 88.4 Å². The zero-order chi connectivity index (χ0) is 27.3. The Morgan fingerprint density at radius 2 is 1.59 bits per heavy atom. The molecule has 1 N–H and O–H groups in total. The molecule has 0 aliphatic rings. The van der Waals surface area contributed by atoms with Crippen molar-refractivity contribution in [3.8, 4) is 17.2 Å². The number of aromatic nitrogens is 1. The first-order valence-corrected chi connectivity index (χ1v) is 11.4. The van der Waals surface area contributed by atoms with Crippen LogP contribution in [0.2, 0.25) is 0 Å². The van der Waals surface area contributed by atoms with E-state index < -0.39 is 59.2 Å². The van der Waals surface area contributed by atoms with E-state index in [1.54, 1.807) is 6.92 Å². The molecular weight excluding hydrogens is 488 g/mol. The van der Waals surface area contributed by atoms with Crippen LogP contribution in [-0.4, -0.2) is 37.2 Å². The SMILES string of the molecule is COc1cc(F)ccc1[C@@H](c1ccc(F)cc1)[C@H](C)OC(=O)[C@H](C)CC(=O)c1c(O)c(OC)cc[n+]1[O-]. The van der Waals surface area contributed by atoms with Gasteiger partial charge < -0.3 is 24.5 Å². The third kappa shape index (κ3) is 6.14. The molecule has 1 heterocycles. The first-order chi connectivity index (χ1) is 17.6. The van der Waals surface area contributed by atoms with Crippen molar-refractivity contribution in [3.63, 3.8) is 0 Å². The molecule has 10 heteroatoms. The molecule has 1 aromatic heterocycles. The summed E-state index contributed by atoms with van der Waals surface area (Å²) in [6.07, 6.45) is -0.250. The van der Waals surface area contributed by atoms with Crippen molar-refractivity contribution < 1.29 is 42.4 Å². The Kier molecular flexibility index (Phi) is 8.65. The van der Waals surface area contributed by atoms with E-state index in [2.05, 4.69) is 0 Å². The standard InChI is InChI=1S/C27H27F2NO7/c1-15(13-21(31)25-26(32)22(35-3)11-12-30(25)34)27(33)37-16(2)24(17-5-7-18(28)8-6-17)20-10-9-19(29)14-23(20)36-4/h5-12,14-16,24,32H,13H2,1-4H3/t15-,16+,24-/m1/s1. The molecule has 0 aliphatic carbocycles. The molecule has 0 aliphatic heterocycles. The summed E-state index contributed by atoms with van der Waals surface area (Å²) >= 11 is 0. The fraction of sp³-hybridized carbons (Fsp3) is 0.296. The fourth-order valence-electron chi connectivity index (χ4n) is 4.07. The fourth-order valence-corrected chi connectivity index (χ4v) is 4.07. The third-order valence-electron chi connectivity index (χ3n) is 5.95. The van der Waals surface area contributed by atoms with Crippen LogP contribution < -0.4 is 14.2 Å². The van der Waals surface area contributed by atoms with Crippen molar-refractivity contribution in [2.24, 2.45) is 5.92 Å². The number of benzene rings is 2. The van der Waals surface area contributed by atoms with Crippen molar-refractivity contribution in [2.45, 2.75) is 32.3 Å². The van der Waals surface area contributed by atoms with Gasteiger partial charge in [-0.05, 0) is 30.7 Å². The number of carbonyl (C=O) groups excluding carboxylic acids is 2. The number of rotatable bonds is 10. The first kappa shape index (κ1) is 27.4. The highest BCUT2D eigenvalue weighted by Gasteiger charge is 2.32. The van der Waals surface area contributed by atoms with Crippen LogP contribution >= 0.6 is 0 Å². The average molecular weight is 516 g/mol. The van der Waals surface area contributed by atoms with Gasteiger partial charge in [0.1, 0.15) is 23.5 Å². The highest BCUT2D eigenvalue weighted by molar-refractivity contribution is 5.98. The predicted molar refractivity (Wildman–Crippen MR) is 128 cm³/mol. The number of Topliss-reactive ketones (excluding diaryl/α,β-unsaturated/α-hetero) is 1. The molecule has 0 amide bonds. The summed E-state index contributed by atoms with van der Waals surface area (Å²) in [7, 11) is 2.65. The molecule has 2 aromatic carbocycles. The lowest BCUT2D eigenvalue weighted by atomic mass is 9.86. The molecule has 3 atom stereocenters. The molecule has 0 saturated carbocycles. The first-order valence-electron chi connectivity index (χ1n) is 11.4. The number of carbonyl (C=O) groups is 2. The second-order valence-corrected chi connectivity index (χ2v) is 8.49. The average Bonchev–Trinajstić information content (AvgIpc) is 2.86. The van der Waals surface area contributed by atoms with Crippen molar-refractivity contribution in [1.29, 1.82) is 0 Å². The summed E-state index contributed by atoms with van der Waals surface area (Å²) in [4.78, 5) is 25.7. The minimum atomic E-state index is -0.982. The van der Waals surface area contributed by atoms with Gasteiger partial charge in [0.2, 0.25) is 11.5 Å². The monoisotopic (exact) mass is 515 g/mol. The molecule has 37 heavy (non-hydrogen) atoms. The van der Waals surface area contributed by atoms with Gasteiger partial charge in [-0.1, -0.05) is 25.1 Å². The normalized spacial score (nSPS) is 13.4. The molecule has 0 fully saturated rings. The maximum atomic E-state index is 13.8. The van der Waals surface area contributed by atoms with Gasteiger partial charge in [0.15, 0.2) is 11.9 Å². The number of halogens is 2. The zero-order valence-corrected chi connectivity index (χ0v) is 20.7. The number of ketones is 1. The molecule has 8 nitrogen and oxygen atoms in total. The lowest BCUT2D eigenvalue weighted by Crippen LogP contribution is -2.35. The Balaban J connectivity index is 1.84. The molecule has 0 bridgehead atoms. The number of esters is 1. The quantitative estimate of drug-likeness (QED) is 0.186. The van der Waals surface area contributed by atoms with Gasteiger partial charge in [0.25, 0.3) is 0 Å². The number of methoxy groups -OCH3 is 2. The largest absolute Gasteiger partial charge is 0.618 e. The summed E-state index contributed by atoms with van der Waals surface area (Å²) in [5.74, 6) is -4.61. The van der Waals surface area contributed by atoms with Crippen molar-refractivity contribution in [1.82, 2.24) is 0 Å². The summed E-state index contributed by atoms with van der Waals surface area (Å²) in [6, 6.07) is 10.7. The van der Waals surface area contributed by atoms with Gasteiger partial charge in [-0.25, -0.2) is 8.78 Å². The van der Waals surface area contributed by atoms with Crippen LogP contribution in [0.1, 0.15) is 47.8 Å². The molecular formula is C27H27F2NO7. The summed E-state index contributed by atoms with van der Waals surface area (Å²) < 4.78 is 43.6. The number of hydrogen-bond donors (Lipinski definition) is 1. The second kappa shape index (κ2) is 11.7. The van der Waals surface area contributed by atoms with E-state index in [9.17, 15) is 28.7 Å². The molecule has 196 valence electrons. The Morgan fingerprint density at radius 3 is 2.22 bits per heavy atom. The van der Waals surface area contributed by atoms with Crippen LogP contribution in [0.15, 0.2) is 54.7 Å². The highest BCUT2D eigenvalue weighted by atomic mass is 19.1. The molecule has 0 spiro atoms. The molecule has 0 saturated heterocycles. The maximum absolute atomic E-state index is 13.8. The van der Waals surface area contributed by atoms with Gasteiger partial charge in [-0.15, -0.1) is 0 Å². The van der Waals surface area contributed by atoms with Crippen molar-refractivity contribution >= 4 is 11.8 Å². The van der Waals surface area contributed by atoms with Gasteiger partial charge >= 0.3 is 11.7 Å². The van der Waals surface area contributed by atoms with Gasteiger partial charge in [-0.2, -0.15) is 4.73 Å². The van der Waals surface area contributed by atoms with E-state index in [1.807, 2.05) is 0 Å². The minimum absolute atomic E-state index is 0.0605. The van der Waals surface area contributed by atoms with E-state index >= 15 is 0 Å². The Morgan fingerprint density at radius 1 is 0.973 bits per heavy atom. The number of pyridine rings is 1. The maximum Gasteiger partial charge on any atom is 0.309 e. The molecule has 3 rings (SSSR count). The molecule has 0 radical (unpaired) electrons. The summed E-state index contributed by atoms with van der Waals surface area (Å²) in [5.41, 5.74) is 0.546. The van der Waals surface area contributed by atoms with E-state index in [4.69, 9.17) is 14.2 Å². The van der Waals surface area contributed by atoms with E-state index in [-0.39, 0.29) is 16.2 Å². The Labute approximate surface area is 212 Å². The summed E-state index contributed by atoms with van der Waals surface area (Å²) in [6.45, 7) is 3.06. The highest BCUT2D eigenvalue weighted by Crippen LogP contribution is 2.37. The minimum Gasteiger partial charge on any atom is -0.618 e. The second-order valence-electron chi connectivity index (χ2n) is 8.49. The van der Waals surface area contributed by atoms with Crippen LogP contribution in [0.4, 0.5) is 8.78 Å². The predicted octanol–water partition coefficient (Wildman–Crippen LogP) is 4.29. The topological polar surface area (TPSA) is 109 Å². The zero-order valence-electron chi connectivity index (χ0n) is 20.7. The van der Waals surface area contributed by atoms with Crippen LogP contribution in [0.5, 0.6) is 17.2 Å². The van der Waals surface area contributed by atoms with Gasteiger partial charge in [0, 0.05) is 30.0 Å². The van der Waals surface area contributed by atoms with E-state index in [0.717, 1.165) is 6.20 Å². The van der Waals surface area contributed by atoms with Crippen LogP contribution in [0, 0.1) is 22.8 Å².